The van der Waals surface area contributed by atoms with Crippen molar-refractivity contribution < 1.29 is 0 Å². The standard InChI is InChI=1S/C39H23NS/c1-2-9-26(10-3-1)39-32-20-21-36-38(31-12-6-7-13-35(31)41-36)37(32)30-19-18-28(23-34(30)40-39)27-17-16-25-15-14-24-8-4-5-11-29(24)33(25)22-27/h1-23H. The molecule has 9 aromatic rings. The minimum atomic E-state index is 1.02. The number of hydrogen-bond acceptors (Lipinski definition) is 2. The minimum absolute atomic E-state index is 1.02. The minimum Gasteiger partial charge on any atom is -0.247 e. The van der Waals surface area contributed by atoms with Crippen LogP contribution in [-0.2, 0) is 0 Å². The molecule has 0 saturated heterocycles. The fourth-order valence-electron chi connectivity index (χ4n) is 6.49. The SMILES string of the molecule is c1ccc(-c2nc3cc(-c4ccc5ccc6ccccc6c5c4)ccc3c3c2ccc2sc4ccccc4c23)cc1. The highest BCUT2D eigenvalue weighted by molar-refractivity contribution is 7.26. The third-order valence-corrected chi connectivity index (χ3v) is 9.56. The van der Waals surface area contributed by atoms with Crippen molar-refractivity contribution in [2.75, 3.05) is 0 Å². The Balaban J connectivity index is 1.37. The smallest absolute Gasteiger partial charge is 0.0788 e. The van der Waals surface area contributed by atoms with Crippen molar-refractivity contribution >= 4 is 74.7 Å². The number of benzene rings is 7. The molecule has 2 heterocycles. The van der Waals surface area contributed by atoms with Crippen LogP contribution in [0.15, 0.2) is 140 Å². The number of hydrogen-bond donors (Lipinski definition) is 0. The lowest BCUT2D eigenvalue weighted by atomic mass is 9.93. The summed E-state index contributed by atoms with van der Waals surface area (Å²) in [5.74, 6) is 0. The van der Waals surface area contributed by atoms with Crippen molar-refractivity contribution in [3.05, 3.63) is 140 Å². The van der Waals surface area contributed by atoms with Crippen LogP contribution in [0.3, 0.4) is 0 Å². The lowest BCUT2D eigenvalue weighted by molar-refractivity contribution is 1.43. The normalized spacial score (nSPS) is 11.9. The molecule has 0 bridgehead atoms. The highest BCUT2D eigenvalue weighted by Crippen LogP contribution is 2.44. The van der Waals surface area contributed by atoms with Crippen molar-refractivity contribution in [3.8, 4) is 22.4 Å². The summed E-state index contributed by atoms with van der Waals surface area (Å²) >= 11 is 1.87. The van der Waals surface area contributed by atoms with Crippen LogP contribution >= 0.6 is 11.3 Å². The zero-order valence-corrected chi connectivity index (χ0v) is 23.0. The fraction of sp³-hybridized carbons (Fsp3) is 0. The second-order valence-corrected chi connectivity index (χ2v) is 11.8. The Labute approximate surface area is 240 Å². The average molecular weight is 538 g/mol. The maximum atomic E-state index is 5.35. The molecule has 0 aliphatic carbocycles. The van der Waals surface area contributed by atoms with Crippen molar-refractivity contribution in [1.82, 2.24) is 4.98 Å². The van der Waals surface area contributed by atoms with E-state index < -0.39 is 0 Å². The van der Waals surface area contributed by atoms with E-state index in [4.69, 9.17) is 4.98 Å². The topological polar surface area (TPSA) is 12.9 Å². The van der Waals surface area contributed by atoms with Crippen LogP contribution < -0.4 is 0 Å². The van der Waals surface area contributed by atoms with E-state index in [1.807, 2.05) is 11.3 Å². The highest BCUT2D eigenvalue weighted by Gasteiger charge is 2.17. The molecule has 0 spiro atoms. The molecule has 0 unspecified atom stereocenters. The van der Waals surface area contributed by atoms with E-state index in [9.17, 15) is 0 Å². The van der Waals surface area contributed by atoms with E-state index in [1.54, 1.807) is 0 Å². The molecule has 1 nitrogen and oxygen atoms in total. The summed E-state index contributed by atoms with van der Waals surface area (Å²) in [6, 6.07) is 50.6. The van der Waals surface area contributed by atoms with Crippen LogP contribution in [0.2, 0.25) is 0 Å². The molecule has 41 heavy (non-hydrogen) atoms. The predicted molar refractivity (Wildman–Crippen MR) is 178 cm³/mol. The Morgan fingerprint density at radius 3 is 1.98 bits per heavy atom. The molecule has 0 saturated carbocycles. The van der Waals surface area contributed by atoms with Gasteiger partial charge < -0.3 is 0 Å². The van der Waals surface area contributed by atoms with Gasteiger partial charge in [-0.2, -0.15) is 0 Å². The summed E-state index contributed by atoms with van der Waals surface area (Å²) in [7, 11) is 0. The average Bonchev–Trinajstić information content (AvgIpc) is 3.43. The third kappa shape index (κ3) is 3.45. The van der Waals surface area contributed by atoms with Gasteiger partial charge >= 0.3 is 0 Å². The Kier molecular flexibility index (Phi) is 4.84. The number of fused-ring (bicyclic) bond motifs is 10. The van der Waals surface area contributed by atoms with Gasteiger partial charge in [0.15, 0.2) is 0 Å². The van der Waals surface area contributed by atoms with Gasteiger partial charge in [0.1, 0.15) is 0 Å². The summed E-state index contributed by atoms with van der Waals surface area (Å²) in [6.45, 7) is 0. The summed E-state index contributed by atoms with van der Waals surface area (Å²) in [6.07, 6.45) is 0. The van der Waals surface area contributed by atoms with E-state index in [0.29, 0.717) is 0 Å². The monoisotopic (exact) mass is 537 g/mol. The summed E-state index contributed by atoms with van der Waals surface area (Å²) in [5, 5.41) is 11.4. The number of pyridine rings is 1. The van der Waals surface area contributed by atoms with Gasteiger partial charge in [-0.1, -0.05) is 115 Å². The molecule has 2 heteroatoms. The molecule has 0 aliphatic heterocycles. The molecule has 2 aromatic heterocycles. The first-order valence-electron chi connectivity index (χ1n) is 14.0. The number of thiophene rings is 1. The van der Waals surface area contributed by atoms with Crippen LogP contribution in [0.5, 0.6) is 0 Å². The Morgan fingerprint density at radius 1 is 0.390 bits per heavy atom. The first-order chi connectivity index (χ1) is 20.3. The zero-order valence-electron chi connectivity index (χ0n) is 22.1. The molecule has 0 N–H and O–H groups in total. The van der Waals surface area contributed by atoms with E-state index >= 15 is 0 Å². The molecular formula is C39H23NS. The van der Waals surface area contributed by atoms with Crippen LogP contribution in [-0.4, -0.2) is 4.98 Å². The van der Waals surface area contributed by atoms with Gasteiger partial charge in [0.2, 0.25) is 0 Å². The molecule has 0 amide bonds. The summed E-state index contributed by atoms with van der Waals surface area (Å²) < 4.78 is 2.64. The van der Waals surface area contributed by atoms with Crippen molar-refractivity contribution in [1.29, 1.82) is 0 Å². The van der Waals surface area contributed by atoms with Gasteiger partial charge in [0.05, 0.1) is 11.2 Å². The maximum absolute atomic E-state index is 5.35. The third-order valence-electron chi connectivity index (χ3n) is 8.43. The quantitative estimate of drug-likeness (QED) is 0.200. The van der Waals surface area contributed by atoms with Crippen LogP contribution in [0, 0.1) is 0 Å². The van der Waals surface area contributed by atoms with Crippen molar-refractivity contribution in [2.24, 2.45) is 0 Å². The first kappa shape index (κ1) is 22.7. The van der Waals surface area contributed by atoms with Crippen LogP contribution in [0.25, 0.3) is 85.8 Å². The van der Waals surface area contributed by atoms with Gasteiger partial charge in [-0.15, -0.1) is 11.3 Å². The first-order valence-corrected chi connectivity index (χ1v) is 14.8. The van der Waals surface area contributed by atoms with E-state index in [1.165, 1.54) is 69.0 Å². The molecule has 0 atom stereocenters. The zero-order chi connectivity index (χ0) is 26.9. The number of nitrogens with zero attached hydrogens (tertiary/aromatic N) is 1. The Hall–Kier alpha value is -5.05. The van der Waals surface area contributed by atoms with Crippen LogP contribution in [0.4, 0.5) is 0 Å². The molecular weight excluding hydrogens is 515 g/mol. The highest BCUT2D eigenvalue weighted by atomic mass is 32.1. The van der Waals surface area contributed by atoms with Gasteiger partial charge in [0, 0.05) is 41.9 Å². The fourth-order valence-corrected chi connectivity index (χ4v) is 7.60. The van der Waals surface area contributed by atoms with Gasteiger partial charge in [-0.3, -0.25) is 0 Å². The van der Waals surface area contributed by atoms with E-state index in [-0.39, 0.29) is 0 Å². The van der Waals surface area contributed by atoms with E-state index in [2.05, 4.69) is 140 Å². The summed E-state index contributed by atoms with van der Waals surface area (Å²) in [5.41, 5.74) is 5.58. The second-order valence-electron chi connectivity index (χ2n) is 10.7. The molecule has 0 fully saturated rings. The van der Waals surface area contributed by atoms with E-state index in [0.717, 1.165) is 16.8 Å². The Morgan fingerprint density at radius 2 is 1.07 bits per heavy atom. The van der Waals surface area contributed by atoms with Gasteiger partial charge in [-0.25, -0.2) is 4.98 Å². The van der Waals surface area contributed by atoms with Gasteiger partial charge in [0.25, 0.3) is 0 Å². The molecule has 190 valence electrons. The Bertz CT molecular complexity index is 2470. The van der Waals surface area contributed by atoms with Crippen LogP contribution in [0.1, 0.15) is 0 Å². The maximum Gasteiger partial charge on any atom is 0.0788 e. The molecule has 7 aromatic carbocycles. The summed E-state index contributed by atoms with van der Waals surface area (Å²) in [4.78, 5) is 5.35. The molecule has 0 aliphatic rings. The number of rotatable bonds is 2. The van der Waals surface area contributed by atoms with Crippen molar-refractivity contribution in [3.63, 3.8) is 0 Å². The number of aromatic nitrogens is 1. The largest absolute Gasteiger partial charge is 0.247 e. The second kappa shape index (κ2) is 8.72. The van der Waals surface area contributed by atoms with Crippen molar-refractivity contribution in [2.45, 2.75) is 0 Å². The molecule has 0 radical (unpaired) electrons. The lowest BCUT2D eigenvalue weighted by Crippen LogP contribution is -1.91. The molecule has 9 rings (SSSR count). The van der Waals surface area contributed by atoms with Gasteiger partial charge in [-0.05, 0) is 56.9 Å². The predicted octanol–water partition coefficient (Wildman–Crippen LogP) is 11.4. The lowest BCUT2D eigenvalue weighted by Gasteiger charge is -2.13.